The minimum absolute atomic E-state index is 0.0391. The highest BCUT2D eigenvalue weighted by Gasteiger charge is 2.30. The Morgan fingerprint density at radius 2 is 2.19 bits per heavy atom. The van der Waals surface area contributed by atoms with Crippen LogP contribution in [0.15, 0.2) is 24.3 Å². The number of carbonyl (C=O) groups excluding carboxylic acids is 1. The molecular formula is C14H17F3N2O2. The number of rotatable bonds is 3. The summed E-state index contributed by atoms with van der Waals surface area (Å²) < 4.78 is 37.7. The fourth-order valence-electron chi connectivity index (χ4n) is 2.31. The first kappa shape index (κ1) is 15.6. The lowest BCUT2D eigenvalue weighted by Crippen LogP contribution is -2.38. The number of aliphatic hydroxyl groups is 1. The van der Waals surface area contributed by atoms with E-state index in [1.54, 1.807) is 4.90 Å². The van der Waals surface area contributed by atoms with Gasteiger partial charge in [-0.3, -0.25) is 0 Å². The standard InChI is InChI=1S/C14H17F3N2O2/c15-14(16,17)12-3-1-2-10(6-12)7-18-13(21)19-5-4-11(8-19)9-20/h1-3,6,11,20H,4-5,7-9H2,(H,18,21)/t11-/m1/s1. The summed E-state index contributed by atoms with van der Waals surface area (Å²) in [5.74, 6) is 0.0873. The quantitative estimate of drug-likeness (QED) is 0.899. The van der Waals surface area contributed by atoms with Crippen molar-refractivity contribution < 1.29 is 23.1 Å². The van der Waals surface area contributed by atoms with E-state index in [9.17, 15) is 18.0 Å². The van der Waals surface area contributed by atoms with Gasteiger partial charge in [0.1, 0.15) is 0 Å². The molecule has 2 rings (SSSR count). The molecule has 1 saturated heterocycles. The largest absolute Gasteiger partial charge is 0.416 e. The fourth-order valence-corrected chi connectivity index (χ4v) is 2.31. The van der Waals surface area contributed by atoms with Crippen molar-refractivity contribution in [3.63, 3.8) is 0 Å². The predicted octanol–water partition coefficient (Wildman–Crippen LogP) is 2.23. The Kier molecular flexibility index (Phi) is 4.72. The fraction of sp³-hybridized carbons (Fsp3) is 0.500. The maximum atomic E-state index is 12.6. The van der Waals surface area contributed by atoms with E-state index in [1.807, 2.05) is 0 Å². The van der Waals surface area contributed by atoms with E-state index < -0.39 is 11.7 Å². The first-order valence-electron chi connectivity index (χ1n) is 6.70. The van der Waals surface area contributed by atoms with Crippen molar-refractivity contribution >= 4 is 6.03 Å². The molecule has 0 spiro atoms. The van der Waals surface area contributed by atoms with Crippen molar-refractivity contribution in [1.82, 2.24) is 10.2 Å². The summed E-state index contributed by atoms with van der Waals surface area (Å²) in [6.45, 7) is 1.12. The number of amides is 2. The van der Waals surface area contributed by atoms with E-state index in [0.717, 1.165) is 18.6 Å². The topological polar surface area (TPSA) is 52.6 Å². The molecule has 7 heteroatoms. The number of hydrogen-bond acceptors (Lipinski definition) is 2. The number of benzene rings is 1. The third kappa shape index (κ3) is 4.10. The lowest BCUT2D eigenvalue weighted by atomic mass is 10.1. The smallest absolute Gasteiger partial charge is 0.396 e. The van der Waals surface area contributed by atoms with Gasteiger partial charge in [-0.1, -0.05) is 12.1 Å². The summed E-state index contributed by atoms with van der Waals surface area (Å²) in [6.07, 6.45) is -3.64. The molecule has 4 nitrogen and oxygen atoms in total. The molecule has 0 unspecified atom stereocenters. The van der Waals surface area contributed by atoms with Crippen molar-refractivity contribution in [3.8, 4) is 0 Å². The first-order chi connectivity index (χ1) is 9.90. The van der Waals surface area contributed by atoms with E-state index >= 15 is 0 Å². The van der Waals surface area contributed by atoms with Crippen LogP contribution in [0.5, 0.6) is 0 Å². The maximum absolute atomic E-state index is 12.6. The van der Waals surface area contributed by atoms with Crippen molar-refractivity contribution in [2.24, 2.45) is 5.92 Å². The highest BCUT2D eigenvalue weighted by Crippen LogP contribution is 2.29. The zero-order valence-electron chi connectivity index (χ0n) is 11.4. The van der Waals surface area contributed by atoms with E-state index in [-0.39, 0.29) is 25.1 Å². The van der Waals surface area contributed by atoms with Crippen molar-refractivity contribution in [1.29, 1.82) is 0 Å². The number of halogens is 3. The molecule has 2 amide bonds. The van der Waals surface area contributed by atoms with Crippen LogP contribution in [-0.2, 0) is 12.7 Å². The van der Waals surface area contributed by atoms with E-state index in [4.69, 9.17) is 5.11 Å². The average Bonchev–Trinajstić information content (AvgIpc) is 2.93. The second kappa shape index (κ2) is 6.34. The summed E-state index contributed by atoms with van der Waals surface area (Å²) in [7, 11) is 0. The minimum atomic E-state index is -4.39. The van der Waals surface area contributed by atoms with Gasteiger partial charge in [0.05, 0.1) is 5.56 Å². The minimum Gasteiger partial charge on any atom is -0.396 e. The van der Waals surface area contributed by atoms with Gasteiger partial charge in [-0.2, -0.15) is 13.2 Å². The number of nitrogens with zero attached hydrogens (tertiary/aromatic N) is 1. The normalized spacial score (nSPS) is 18.9. The van der Waals surface area contributed by atoms with Crippen LogP contribution in [0.25, 0.3) is 0 Å². The average molecular weight is 302 g/mol. The lowest BCUT2D eigenvalue weighted by Gasteiger charge is -2.17. The monoisotopic (exact) mass is 302 g/mol. The number of aliphatic hydroxyl groups excluding tert-OH is 1. The Hall–Kier alpha value is -1.76. The van der Waals surface area contributed by atoms with Crippen LogP contribution in [-0.4, -0.2) is 35.7 Å². The summed E-state index contributed by atoms with van der Waals surface area (Å²) >= 11 is 0. The third-order valence-corrected chi connectivity index (χ3v) is 3.53. The molecule has 0 radical (unpaired) electrons. The van der Waals surface area contributed by atoms with Crippen LogP contribution in [0.1, 0.15) is 17.5 Å². The molecule has 116 valence electrons. The molecule has 0 aromatic heterocycles. The van der Waals surface area contributed by atoms with Gasteiger partial charge < -0.3 is 15.3 Å². The second-order valence-corrected chi connectivity index (χ2v) is 5.14. The number of alkyl halides is 3. The Morgan fingerprint density at radius 1 is 1.43 bits per heavy atom. The molecule has 0 bridgehead atoms. The number of nitrogens with one attached hydrogen (secondary N) is 1. The van der Waals surface area contributed by atoms with E-state index in [2.05, 4.69) is 5.32 Å². The number of likely N-dealkylation sites (tertiary alicyclic amines) is 1. The summed E-state index contributed by atoms with van der Waals surface area (Å²) in [4.78, 5) is 13.4. The summed E-state index contributed by atoms with van der Waals surface area (Å²) in [5, 5.41) is 11.6. The molecule has 21 heavy (non-hydrogen) atoms. The molecular weight excluding hydrogens is 285 g/mol. The van der Waals surface area contributed by atoms with E-state index in [0.29, 0.717) is 18.7 Å². The summed E-state index contributed by atoms with van der Waals surface area (Å²) in [5.41, 5.74) is -0.327. The van der Waals surface area contributed by atoms with Gasteiger partial charge in [0.2, 0.25) is 0 Å². The molecule has 1 aliphatic heterocycles. The Balaban J connectivity index is 1.90. The lowest BCUT2D eigenvalue weighted by molar-refractivity contribution is -0.137. The van der Waals surface area contributed by atoms with Crippen LogP contribution in [0.3, 0.4) is 0 Å². The molecule has 2 N–H and O–H groups in total. The zero-order chi connectivity index (χ0) is 15.5. The van der Waals surface area contributed by atoms with Gasteiger partial charge in [0, 0.05) is 32.2 Å². The number of carbonyl (C=O) groups is 1. The van der Waals surface area contributed by atoms with Gasteiger partial charge in [0.15, 0.2) is 0 Å². The van der Waals surface area contributed by atoms with Crippen LogP contribution >= 0.6 is 0 Å². The third-order valence-electron chi connectivity index (χ3n) is 3.53. The maximum Gasteiger partial charge on any atom is 0.416 e. The zero-order valence-corrected chi connectivity index (χ0v) is 11.4. The summed E-state index contributed by atoms with van der Waals surface area (Å²) in [6, 6.07) is 4.57. The highest BCUT2D eigenvalue weighted by atomic mass is 19.4. The van der Waals surface area contributed by atoms with Gasteiger partial charge in [-0.05, 0) is 24.1 Å². The Labute approximate surface area is 120 Å². The van der Waals surface area contributed by atoms with Gasteiger partial charge in [-0.25, -0.2) is 4.79 Å². The van der Waals surface area contributed by atoms with Crippen LogP contribution < -0.4 is 5.32 Å². The van der Waals surface area contributed by atoms with E-state index in [1.165, 1.54) is 12.1 Å². The van der Waals surface area contributed by atoms with Crippen LogP contribution in [0.4, 0.5) is 18.0 Å². The highest BCUT2D eigenvalue weighted by molar-refractivity contribution is 5.74. The van der Waals surface area contributed by atoms with Crippen LogP contribution in [0, 0.1) is 5.92 Å². The van der Waals surface area contributed by atoms with Crippen LogP contribution in [0.2, 0.25) is 0 Å². The van der Waals surface area contributed by atoms with Crippen molar-refractivity contribution in [2.75, 3.05) is 19.7 Å². The van der Waals surface area contributed by atoms with Crippen molar-refractivity contribution in [3.05, 3.63) is 35.4 Å². The molecule has 1 atom stereocenters. The molecule has 1 heterocycles. The molecule has 1 aliphatic rings. The van der Waals surface area contributed by atoms with Gasteiger partial charge in [-0.15, -0.1) is 0 Å². The second-order valence-electron chi connectivity index (χ2n) is 5.14. The number of hydrogen-bond donors (Lipinski definition) is 2. The van der Waals surface area contributed by atoms with Crippen molar-refractivity contribution in [2.45, 2.75) is 19.1 Å². The molecule has 0 aliphatic carbocycles. The van der Waals surface area contributed by atoms with Gasteiger partial charge in [0.25, 0.3) is 0 Å². The Bertz CT molecular complexity index is 505. The van der Waals surface area contributed by atoms with Gasteiger partial charge >= 0.3 is 12.2 Å². The first-order valence-corrected chi connectivity index (χ1v) is 6.70. The molecule has 1 fully saturated rings. The Morgan fingerprint density at radius 3 is 2.81 bits per heavy atom. The molecule has 1 aromatic carbocycles. The number of urea groups is 1. The molecule has 1 aromatic rings. The SMILES string of the molecule is O=C(NCc1cccc(C(F)(F)F)c1)N1CC[C@@H](CO)C1. The predicted molar refractivity (Wildman–Crippen MR) is 70.4 cm³/mol. The molecule has 0 saturated carbocycles.